The molecule has 0 aromatic heterocycles. The topological polar surface area (TPSA) is 86.7 Å². The van der Waals surface area contributed by atoms with Gasteiger partial charge in [-0.25, -0.2) is 4.79 Å². The van der Waals surface area contributed by atoms with Crippen molar-refractivity contribution in [1.29, 1.82) is 0 Å². The number of fused-ring (bicyclic) bond motifs is 1. The lowest BCUT2D eigenvalue weighted by Crippen LogP contribution is -2.78. The molecule has 3 atom stereocenters. The second-order valence-corrected chi connectivity index (χ2v) is 11.1. The molecule has 2 amide bonds. The maximum Gasteiger partial charge on any atom is 0.327 e. The van der Waals surface area contributed by atoms with E-state index in [1.807, 2.05) is 38.1 Å². The van der Waals surface area contributed by atoms with E-state index in [1.165, 1.54) is 22.2 Å². The van der Waals surface area contributed by atoms with E-state index in [-0.39, 0.29) is 29.0 Å². The van der Waals surface area contributed by atoms with Crippen LogP contribution in [-0.4, -0.2) is 49.5 Å². The van der Waals surface area contributed by atoms with Gasteiger partial charge in [-0.2, -0.15) is 0 Å². The fourth-order valence-electron chi connectivity index (χ4n) is 3.98. The Morgan fingerprint density at radius 1 is 1.18 bits per heavy atom. The van der Waals surface area contributed by atoms with Crippen molar-refractivity contribution in [3.8, 4) is 0 Å². The van der Waals surface area contributed by atoms with Crippen molar-refractivity contribution in [2.45, 2.75) is 75.1 Å². The number of benzene rings is 1. The number of nitrogens with zero attached hydrogens (tertiary/aromatic N) is 1. The SMILES string of the molecule is CC(C)(C)c1ccc(CC(=O)N[C@@]2(C)C(=O)N3[C@@H](C(=O)O)C(C)(C)S[C@@H]32)cc1. The van der Waals surface area contributed by atoms with Crippen molar-refractivity contribution >= 4 is 29.5 Å². The summed E-state index contributed by atoms with van der Waals surface area (Å²) in [5.41, 5.74) is 1.04. The van der Waals surface area contributed by atoms with Crippen molar-refractivity contribution in [2.24, 2.45) is 0 Å². The van der Waals surface area contributed by atoms with Crippen LogP contribution in [0.4, 0.5) is 0 Å². The third-order valence-corrected chi connectivity index (χ3v) is 7.35. The first-order valence-corrected chi connectivity index (χ1v) is 10.3. The van der Waals surface area contributed by atoms with Crippen LogP contribution in [0.15, 0.2) is 24.3 Å². The first kappa shape index (κ1) is 20.7. The molecule has 2 aliphatic rings. The van der Waals surface area contributed by atoms with Crippen molar-refractivity contribution in [1.82, 2.24) is 10.2 Å². The van der Waals surface area contributed by atoms with E-state index in [0.29, 0.717) is 0 Å². The summed E-state index contributed by atoms with van der Waals surface area (Å²) >= 11 is 1.43. The molecule has 2 fully saturated rings. The molecule has 7 heteroatoms. The van der Waals surface area contributed by atoms with Crippen LogP contribution in [0.2, 0.25) is 0 Å². The van der Waals surface area contributed by atoms with Gasteiger partial charge in [-0.05, 0) is 37.3 Å². The first-order valence-electron chi connectivity index (χ1n) is 9.41. The van der Waals surface area contributed by atoms with Crippen LogP contribution < -0.4 is 5.32 Å². The molecule has 28 heavy (non-hydrogen) atoms. The van der Waals surface area contributed by atoms with Crippen LogP contribution in [0.5, 0.6) is 0 Å². The Labute approximate surface area is 170 Å². The summed E-state index contributed by atoms with van der Waals surface area (Å²) in [7, 11) is 0. The van der Waals surface area contributed by atoms with E-state index < -0.39 is 22.3 Å². The summed E-state index contributed by atoms with van der Waals surface area (Å²) in [4.78, 5) is 38.4. The van der Waals surface area contributed by atoms with Crippen LogP contribution in [0.1, 0.15) is 52.7 Å². The van der Waals surface area contributed by atoms with E-state index in [1.54, 1.807) is 6.92 Å². The van der Waals surface area contributed by atoms with Gasteiger partial charge < -0.3 is 15.3 Å². The highest BCUT2D eigenvalue weighted by molar-refractivity contribution is 8.01. The Morgan fingerprint density at radius 3 is 2.25 bits per heavy atom. The lowest BCUT2D eigenvalue weighted by molar-refractivity contribution is -0.167. The van der Waals surface area contributed by atoms with Gasteiger partial charge in [0.05, 0.1) is 6.42 Å². The minimum Gasteiger partial charge on any atom is -0.480 e. The number of thioether (sulfide) groups is 1. The summed E-state index contributed by atoms with van der Waals surface area (Å²) in [6.07, 6.45) is 0.177. The zero-order chi connectivity index (χ0) is 21.1. The van der Waals surface area contributed by atoms with Crippen LogP contribution in [0.25, 0.3) is 0 Å². The highest BCUT2D eigenvalue weighted by atomic mass is 32.2. The third kappa shape index (κ3) is 3.30. The third-order valence-electron chi connectivity index (χ3n) is 5.60. The number of nitrogens with one attached hydrogen (secondary N) is 1. The number of carboxylic acid groups (broad SMARTS) is 1. The molecule has 3 rings (SSSR count). The molecular formula is C21H28N2O4S. The summed E-state index contributed by atoms with van der Waals surface area (Å²) in [5, 5.41) is 12.0. The quantitative estimate of drug-likeness (QED) is 0.753. The Balaban J connectivity index is 1.70. The van der Waals surface area contributed by atoms with E-state index in [0.717, 1.165) is 5.56 Å². The van der Waals surface area contributed by atoms with Gasteiger partial charge in [0, 0.05) is 4.75 Å². The summed E-state index contributed by atoms with van der Waals surface area (Å²) in [5.74, 6) is -1.59. The lowest BCUT2D eigenvalue weighted by Gasteiger charge is -2.51. The average molecular weight is 405 g/mol. The smallest absolute Gasteiger partial charge is 0.327 e. The van der Waals surface area contributed by atoms with E-state index in [4.69, 9.17) is 0 Å². The molecule has 0 saturated carbocycles. The van der Waals surface area contributed by atoms with Crippen LogP contribution in [0, 0.1) is 0 Å². The van der Waals surface area contributed by atoms with Gasteiger partial charge in [-0.15, -0.1) is 11.8 Å². The molecule has 1 aromatic rings. The second-order valence-electron chi connectivity index (χ2n) is 9.40. The van der Waals surface area contributed by atoms with E-state index >= 15 is 0 Å². The second kappa shape index (κ2) is 6.51. The largest absolute Gasteiger partial charge is 0.480 e. The molecule has 0 unspecified atom stereocenters. The van der Waals surface area contributed by atoms with Gasteiger partial charge >= 0.3 is 5.97 Å². The van der Waals surface area contributed by atoms with Crippen LogP contribution in [0.3, 0.4) is 0 Å². The molecule has 0 radical (unpaired) electrons. The van der Waals surface area contributed by atoms with Crippen LogP contribution in [-0.2, 0) is 26.2 Å². The molecular weight excluding hydrogens is 376 g/mol. The monoisotopic (exact) mass is 404 g/mol. The normalized spacial score (nSPS) is 28.5. The predicted octanol–water partition coefficient (Wildman–Crippen LogP) is 2.55. The minimum absolute atomic E-state index is 0.0449. The van der Waals surface area contributed by atoms with E-state index in [2.05, 4.69) is 26.1 Å². The van der Waals surface area contributed by atoms with E-state index in [9.17, 15) is 19.5 Å². The maximum absolute atomic E-state index is 12.7. The average Bonchev–Trinajstić information content (AvgIpc) is 2.84. The van der Waals surface area contributed by atoms with Crippen molar-refractivity contribution < 1.29 is 19.5 Å². The molecule has 0 aliphatic carbocycles. The molecule has 0 bridgehead atoms. The van der Waals surface area contributed by atoms with Crippen molar-refractivity contribution in [3.63, 3.8) is 0 Å². The molecule has 2 aliphatic heterocycles. The number of carbonyl (C=O) groups excluding carboxylic acids is 2. The molecule has 2 heterocycles. The standard InChI is InChI=1S/C21H28N2O4S/c1-19(2,3)13-9-7-12(8-10-13)11-14(24)22-21(6)17(27)23-15(16(25)26)20(4,5)28-18(21)23/h7-10,15,18H,11H2,1-6H3,(H,22,24)(H,25,26)/t15-,18+,21-/m0/s1. The van der Waals surface area contributed by atoms with Crippen molar-refractivity contribution in [3.05, 3.63) is 35.4 Å². The number of carboxylic acids is 1. The maximum atomic E-state index is 12.7. The Hall–Kier alpha value is -2.02. The summed E-state index contributed by atoms with van der Waals surface area (Å²) in [6.45, 7) is 11.7. The summed E-state index contributed by atoms with van der Waals surface area (Å²) < 4.78 is -0.614. The number of aliphatic carboxylic acids is 1. The molecule has 152 valence electrons. The Morgan fingerprint density at radius 2 is 1.75 bits per heavy atom. The van der Waals surface area contributed by atoms with Gasteiger partial charge in [-0.1, -0.05) is 45.0 Å². The molecule has 6 nitrogen and oxygen atoms in total. The Kier molecular flexibility index (Phi) is 4.81. The molecule has 0 spiro atoms. The minimum atomic E-state index is -1.07. The number of amides is 2. The molecule has 1 aromatic carbocycles. The number of hydrogen-bond acceptors (Lipinski definition) is 4. The fraction of sp³-hybridized carbons (Fsp3) is 0.571. The predicted molar refractivity (Wildman–Crippen MR) is 109 cm³/mol. The highest BCUT2D eigenvalue weighted by Crippen LogP contribution is 2.54. The molecule has 2 N–H and O–H groups in total. The lowest BCUT2D eigenvalue weighted by atomic mass is 9.85. The highest BCUT2D eigenvalue weighted by Gasteiger charge is 2.69. The van der Waals surface area contributed by atoms with Gasteiger partial charge in [0.25, 0.3) is 5.91 Å². The number of hydrogen-bond donors (Lipinski definition) is 2. The van der Waals surface area contributed by atoms with Crippen LogP contribution >= 0.6 is 11.8 Å². The van der Waals surface area contributed by atoms with Gasteiger partial charge in [0.15, 0.2) is 0 Å². The zero-order valence-corrected chi connectivity index (χ0v) is 18.0. The van der Waals surface area contributed by atoms with Gasteiger partial charge in [0.1, 0.15) is 17.0 Å². The fourth-order valence-corrected chi connectivity index (χ4v) is 5.63. The number of rotatable bonds is 4. The summed E-state index contributed by atoms with van der Waals surface area (Å²) in [6, 6.07) is 7.03. The number of carbonyl (C=O) groups is 3. The first-order chi connectivity index (χ1) is 12.8. The zero-order valence-electron chi connectivity index (χ0n) is 17.2. The molecule has 2 saturated heterocycles. The van der Waals surface area contributed by atoms with Gasteiger partial charge in [0.2, 0.25) is 5.91 Å². The number of β-lactam (4-membered cyclic amide) rings is 1. The van der Waals surface area contributed by atoms with Crippen molar-refractivity contribution in [2.75, 3.05) is 0 Å². The van der Waals surface area contributed by atoms with Gasteiger partial charge in [-0.3, -0.25) is 9.59 Å². The Bertz CT molecular complexity index is 828.